The number of nitrogens with zero attached hydrogens (tertiary/aromatic N) is 2. The van der Waals surface area contributed by atoms with Crippen LogP contribution in [0.4, 0.5) is 5.13 Å². The molecule has 1 aromatic carbocycles. The minimum Gasteiger partial charge on any atom is -0.486 e. The molecule has 0 unspecified atom stereocenters. The van der Waals surface area contributed by atoms with Crippen molar-refractivity contribution in [1.29, 1.82) is 0 Å². The molecule has 0 saturated carbocycles. The van der Waals surface area contributed by atoms with Crippen molar-refractivity contribution in [3.05, 3.63) is 23.7 Å². The number of amides is 1. The maximum Gasteiger partial charge on any atom is 0.236 e. The molecular weight excluding hydrogens is 298 g/mol. The summed E-state index contributed by atoms with van der Waals surface area (Å²) in [6.45, 7) is 1.13. The zero-order valence-electron chi connectivity index (χ0n) is 10.4. The van der Waals surface area contributed by atoms with Crippen LogP contribution in [0.1, 0.15) is 0 Å². The highest BCUT2D eigenvalue weighted by atomic mass is 32.2. The Bertz CT molecular complexity index is 604. The first-order valence-electron chi connectivity index (χ1n) is 5.90. The van der Waals surface area contributed by atoms with Gasteiger partial charge in [-0.2, -0.15) is 0 Å². The Morgan fingerprint density at radius 3 is 3.00 bits per heavy atom. The van der Waals surface area contributed by atoms with Crippen molar-refractivity contribution in [1.82, 2.24) is 10.2 Å². The second kappa shape index (κ2) is 6.10. The van der Waals surface area contributed by atoms with E-state index in [4.69, 9.17) is 9.47 Å². The average molecular weight is 309 g/mol. The van der Waals surface area contributed by atoms with Crippen LogP contribution in [0.2, 0.25) is 0 Å². The molecule has 1 N–H and O–H groups in total. The fourth-order valence-corrected chi connectivity index (χ4v) is 2.83. The second-order valence-electron chi connectivity index (χ2n) is 3.89. The van der Waals surface area contributed by atoms with E-state index >= 15 is 0 Å². The third kappa shape index (κ3) is 3.20. The van der Waals surface area contributed by atoms with Gasteiger partial charge < -0.3 is 9.47 Å². The van der Waals surface area contributed by atoms with Gasteiger partial charge in [0.25, 0.3) is 0 Å². The Balaban J connectivity index is 1.56. The molecular formula is C12H11N3O3S2. The minimum atomic E-state index is -0.110. The van der Waals surface area contributed by atoms with Gasteiger partial charge in [-0.1, -0.05) is 11.3 Å². The standard InChI is InChI=1S/C12H11N3O3S2/c16-11(14-12-15-13-7-20-12)6-19-8-1-2-9-10(5-8)18-4-3-17-9/h1-2,5,7H,3-4,6H2,(H,14,15,16). The van der Waals surface area contributed by atoms with Crippen molar-refractivity contribution < 1.29 is 14.3 Å². The summed E-state index contributed by atoms with van der Waals surface area (Å²) in [5, 5.41) is 10.6. The maximum atomic E-state index is 11.7. The summed E-state index contributed by atoms with van der Waals surface area (Å²) in [5.41, 5.74) is 1.57. The van der Waals surface area contributed by atoms with Crippen LogP contribution >= 0.6 is 23.1 Å². The minimum absolute atomic E-state index is 0.110. The Labute approximate surface area is 123 Å². The molecule has 1 aromatic heterocycles. The van der Waals surface area contributed by atoms with Crippen molar-refractivity contribution in [3.8, 4) is 11.5 Å². The molecule has 2 heterocycles. The quantitative estimate of drug-likeness (QED) is 0.871. The molecule has 2 aromatic rings. The number of hydrogen-bond donors (Lipinski definition) is 1. The van der Waals surface area contributed by atoms with E-state index in [0.29, 0.717) is 24.1 Å². The normalized spacial score (nSPS) is 13.0. The number of rotatable bonds is 4. The summed E-state index contributed by atoms with van der Waals surface area (Å²) >= 11 is 2.72. The smallest absolute Gasteiger partial charge is 0.236 e. The zero-order valence-corrected chi connectivity index (χ0v) is 12.0. The number of carbonyl (C=O) groups excluding carboxylic acids is 1. The highest BCUT2D eigenvalue weighted by molar-refractivity contribution is 8.00. The molecule has 1 aliphatic heterocycles. The van der Waals surface area contributed by atoms with Crippen molar-refractivity contribution in [2.75, 3.05) is 24.3 Å². The number of aromatic nitrogens is 2. The van der Waals surface area contributed by atoms with Crippen molar-refractivity contribution in [2.24, 2.45) is 0 Å². The molecule has 8 heteroatoms. The summed E-state index contributed by atoms with van der Waals surface area (Å²) in [7, 11) is 0. The summed E-state index contributed by atoms with van der Waals surface area (Å²) in [6.07, 6.45) is 0. The lowest BCUT2D eigenvalue weighted by atomic mass is 10.3. The van der Waals surface area contributed by atoms with Crippen LogP contribution in [0.25, 0.3) is 0 Å². The molecule has 1 amide bonds. The third-order valence-corrected chi connectivity index (χ3v) is 4.09. The molecule has 0 aliphatic carbocycles. The van der Waals surface area contributed by atoms with Gasteiger partial charge in [0.15, 0.2) is 11.5 Å². The molecule has 1 aliphatic rings. The summed E-state index contributed by atoms with van der Waals surface area (Å²) < 4.78 is 10.9. The van der Waals surface area contributed by atoms with E-state index in [-0.39, 0.29) is 5.91 Å². The number of anilines is 1. The molecule has 3 rings (SSSR count). The highest BCUT2D eigenvalue weighted by Crippen LogP contribution is 2.34. The van der Waals surface area contributed by atoms with Gasteiger partial charge in [-0.15, -0.1) is 22.0 Å². The molecule has 6 nitrogen and oxygen atoms in total. The topological polar surface area (TPSA) is 73.3 Å². The van der Waals surface area contributed by atoms with Crippen LogP contribution in [0, 0.1) is 0 Å². The lowest BCUT2D eigenvalue weighted by molar-refractivity contribution is -0.113. The molecule has 0 saturated heterocycles. The largest absolute Gasteiger partial charge is 0.486 e. The first-order valence-corrected chi connectivity index (χ1v) is 7.76. The molecule has 0 bridgehead atoms. The van der Waals surface area contributed by atoms with E-state index in [1.54, 1.807) is 5.51 Å². The summed E-state index contributed by atoms with van der Waals surface area (Å²) in [5.74, 6) is 1.67. The number of ether oxygens (including phenoxy) is 2. The van der Waals surface area contributed by atoms with Gasteiger partial charge in [0, 0.05) is 4.90 Å². The molecule has 0 fully saturated rings. The van der Waals surface area contributed by atoms with Gasteiger partial charge in [0.1, 0.15) is 18.7 Å². The van der Waals surface area contributed by atoms with Crippen LogP contribution in [-0.2, 0) is 4.79 Å². The van der Waals surface area contributed by atoms with E-state index in [2.05, 4.69) is 15.5 Å². The summed E-state index contributed by atoms with van der Waals surface area (Å²) in [6, 6.07) is 5.66. The lowest BCUT2D eigenvalue weighted by Gasteiger charge is -2.18. The van der Waals surface area contributed by atoms with Crippen molar-refractivity contribution in [3.63, 3.8) is 0 Å². The number of nitrogens with one attached hydrogen (secondary N) is 1. The van der Waals surface area contributed by atoms with Crippen LogP contribution in [0.15, 0.2) is 28.6 Å². The predicted octanol–water partition coefficient (Wildman–Crippen LogP) is 2.04. The molecule has 0 spiro atoms. The maximum absolute atomic E-state index is 11.7. The predicted molar refractivity (Wildman–Crippen MR) is 76.7 cm³/mol. The Morgan fingerprint density at radius 2 is 2.20 bits per heavy atom. The summed E-state index contributed by atoms with van der Waals surface area (Å²) in [4.78, 5) is 12.7. The van der Waals surface area contributed by atoms with Gasteiger partial charge in [-0.3, -0.25) is 10.1 Å². The van der Waals surface area contributed by atoms with E-state index in [0.717, 1.165) is 16.4 Å². The van der Waals surface area contributed by atoms with E-state index in [9.17, 15) is 4.79 Å². The van der Waals surface area contributed by atoms with Crippen LogP contribution in [0.5, 0.6) is 11.5 Å². The van der Waals surface area contributed by atoms with Crippen molar-refractivity contribution >= 4 is 34.1 Å². The number of carbonyl (C=O) groups is 1. The van der Waals surface area contributed by atoms with Crippen molar-refractivity contribution in [2.45, 2.75) is 4.90 Å². The Morgan fingerprint density at radius 1 is 1.35 bits per heavy atom. The van der Waals surface area contributed by atoms with E-state index < -0.39 is 0 Å². The van der Waals surface area contributed by atoms with Gasteiger partial charge >= 0.3 is 0 Å². The first-order chi connectivity index (χ1) is 9.81. The first kappa shape index (κ1) is 13.2. The monoisotopic (exact) mass is 309 g/mol. The van der Waals surface area contributed by atoms with Gasteiger partial charge in [0.05, 0.1) is 5.75 Å². The number of hydrogen-bond acceptors (Lipinski definition) is 7. The second-order valence-corrected chi connectivity index (χ2v) is 5.77. The average Bonchev–Trinajstić information content (AvgIpc) is 2.98. The van der Waals surface area contributed by atoms with Gasteiger partial charge in [-0.25, -0.2) is 0 Å². The fourth-order valence-electron chi connectivity index (χ4n) is 1.65. The van der Waals surface area contributed by atoms with Crippen LogP contribution < -0.4 is 14.8 Å². The SMILES string of the molecule is O=C(CSc1ccc2c(c1)OCCO2)Nc1nncs1. The third-order valence-electron chi connectivity index (χ3n) is 2.49. The molecule has 104 valence electrons. The van der Waals surface area contributed by atoms with Gasteiger partial charge in [0.2, 0.25) is 11.0 Å². The molecule has 0 atom stereocenters. The lowest BCUT2D eigenvalue weighted by Crippen LogP contribution is -2.15. The number of benzene rings is 1. The molecule has 0 radical (unpaired) electrons. The van der Waals surface area contributed by atoms with Gasteiger partial charge in [-0.05, 0) is 18.2 Å². The Hall–Kier alpha value is -1.80. The zero-order chi connectivity index (χ0) is 13.8. The van der Waals surface area contributed by atoms with Crippen LogP contribution in [-0.4, -0.2) is 35.1 Å². The van der Waals surface area contributed by atoms with E-state index in [1.807, 2.05) is 18.2 Å². The fraction of sp³-hybridized carbons (Fsp3) is 0.250. The molecule has 20 heavy (non-hydrogen) atoms. The van der Waals surface area contributed by atoms with Crippen LogP contribution in [0.3, 0.4) is 0 Å². The van der Waals surface area contributed by atoms with E-state index in [1.165, 1.54) is 23.1 Å². The Kier molecular flexibility index (Phi) is 4.03. The number of fused-ring (bicyclic) bond motifs is 1. The number of thioether (sulfide) groups is 1. The highest BCUT2D eigenvalue weighted by Gasteiger charge is 2.12.